The number of carbonyl (C=O) groups is 1. The number of ketones is 1. The van der Waals surface area contributed by atoms with Gasteiger partial charge in [-0.2, -0.15) is 0 Å². The first-order chi connectivity index (χ1) is 7.25. The number of rotatable bonds is 5. The van der Waals surface area contributed by atoms with Crippen molar-refractivity contribution < 1.29 is 4.79 Å². The monoisotopic (exact) mass is 239 g/mol. The smallest absolute Gasteiger partial charge is 0.140 e. The molecule has 0 atom stereocenters. The number of hydrogen-bond acceptors (Lipinski definition) is 3. The Bertz CT molecular complexity index is 347. The lowest BCUT2D eigenvalue weighted by Crippen LogP contribution is -2.51. The maximum atomic E-state index is 12.1. The standard InChI is InChI=1S/C13H21NOS/c1-12(2,13(3,4)14)11(15)8-7-10-6-5-9-16-10/h5-6,9H,7-8,14H2,1-4H3. The fourth-order valence-electron chi connectivity index (χ4n) is 1.36. The van der Waals surface area contributed by atoms with Crippen LogP contribution in [0, 0.1) is 5.41 Å². The van der Waals surface area contributed by atoms with E-state index in [1.807, 2.05) is 39.1 Å². The van der Waals surface area contributed by atoms with E-state index in [4.69, 9.17) is 5.73 Å². The van der Waals surface area contributed by atoms with E-state index in [9.17, 15) is 4.79 Å². The van der Waals surface area contributed by atoms with Crippen LogP contribution in [-0.2, 0) is 11.2 Å². The third kappa shape index (κ3) is 2.92. The molecule has 90 valence electrons. The second kappa shape index (κ2) is 4.68. The third-order valence-electron chi connectivity index (χ3n) is 3.49. The van der Waals surface area contributed by atoms with Crippen LogP contribution in [0.1, 0.15) is 39.0 Å². The molecule has 0 radical (unpaired) electrons. The predicted molar refractivity (Wildman–Crippen MR) is 69.7 cm³/mol. The van der Waals surface area contributed by atoms with Crippen molar-refractivity contribution in [1.29, 1.82) is 0 Å². The van der Waals surface area contributed by atoms with Crippen molar-refractivity contribution in [2.45, 2.75) is 46.1 Å². The highest BCUT2D eigenvalue weighted by atomic mass is 32.1. The molecule has 0 aromatic carbocycles. The van der Waals surface area contributed by atoms with Gasteiger partial charge in [-0.05, 0) is 31.7 Å². The summed E-state index contributed by atoms with van der Waals surface area (Å²) in [6, 6.07) is 4.08. The van der Waals surface area contributed by atoms with Gasteiger partial charge in [0.1, 0.15) is 5.78 Å². The molecule has 0 saturated carbocycles. The Morgan fingerprint density at radius 3 is 2.44 bits per heavy atom. The fourth-order valence-corrected chi connectivity index (χ4v) is 2.07. The zero-order chi connectivity index (χ0) is 12.4. The van der Waals surface area contributed by atoms with Crippen molar-refractivity contribution in [3.05, 3.63) is 22.4 Å². The molecule has 0 unspecified atom stereocenters. The first kappa shape index (κ1) is 13.4. The zero-order valence-electron chi connectivity index (χ0n) is 10.5. The van der Waals surface area contributed by atoms with Crippen molar-refractivity contribution in [2.24, 2.45) is 11.1 Å². The van der Waals surface area contributed by atoms with E-state index < -0.39 is 11.0 Å². The summed E-state index contributed by atoms with van der Waals surface area (Å²) in [5, 5.41) is 2.04. The molecule has 2 N–H and O–H groups in total. The van der Waals surface area contributed by atoms with Crippen LogP contribution in [0.5, 0.6) is 0 Å². The number of aryl methyl sites for hydroxylation is 1. The Balaban J connectivity index is 2.59. The molecular formula is C13H21NOS. The second-order valence-electron chi connectivity index (χ2n) is 5.35. The number of nitrogens with two attached hydrogens (primary N) is 1. The van der Waals surface area contributed by atoms with Crippen LogP contribution < -0.4 is 5.73 Å². The average Bonchev–Trinajstić information content (AvgIpc) is 2.64. The van der Waals surface area contributed by atoms with Crippen LogP contribution in [0.25, 0.3) is 0 Å². The summed E-state index contributed by atoms with van der Waals surface area (Å²) in [6.07, 6.45) is 1.41. The molecule has 0 saturated heterocycles. The highest BCUT2D eigenvalue weighted by molar-refractivity contribution is 7.09. The van der Waals surface area contributed by atoms with Crippen LogP contribution in [0.15, 0.2) is 17.5 Å². The van der Waals surface area contributed by atoms with Crippen molar-refractivity contribution in [3.8, 4) is 0 Å². The van der Waals surface area contributed by atoms with Gasteiger partial charge in [-0.15, -0.1) is 11.3 Å². The first-order valence-corrected chi connectivity index (χ1v) is 6.47. The normalized spacial score (nSPS) is 12.8. The lowest BCUT2D eigenvalue weighted by molar-refractivity contribution is -0.129. The summed E-state index contributed by atoms with van der Waals surface area (Å²) in [5.41, 5.74) is 5.10. The van der Waals surface area contributed by atoms with E-state index in [0.29, 0.717) is 6.42 Å². The lowest BCUT2D eigenvalue weighted by atomic mass is 9.71. The minimum absolute atomic E-state index is 0.244. The van der Waals surface area contributed by atoms with Gasteiger partial charge in [-0.1, -0.05) is 19.9 Å². The average molecular weight is 239 g/mol. The summed E-state index contributed by atoms with van der Waals surface area (Å²) in [6.45, 7) is 7.69. The molecule has 0 aliphatic heterocycles. The largest absolute Gasteiger partial charge is 0.325 e. The van der Waals surface area contributed by atoms with E-state index >= 15 is 0 Å². The van der Waals surface area contributed by atoms with Gasteiger partial charge in [0.15, 0.2) is 0 Å². The maximum Gasteiger partial charge on any atom is 0.140 e. The van der Waals surface area contributed by atoms with Crippen molar-refractivity contribution >= 4 is 17.1 Å². The molecule has 0 aliphatic carbocycles. The second-order valence-corrected chi connectivity index (χ2v) is 6.38. The van der Waals surface area contributed by atoms with Gasteiger partial charge in [0.25, 0.3) is 0 Å². The van der Waals surface area contributed by atoms with Gasteiger partial charge >= 0.3 is 0 Å². The van der Waals surface area contributed by atoms with Crippen LogP contribution >= 0.6 is 11.3 Å². The minimum Gasteiger partial charge on any atom is -0.325 e. The molecule has 0 bridgehead atoms. The number of Topliss-reactive ketones (excluding diaryl/α,β-unsaturated/α-hetero) is 1. The molecule has 0 aliphatic rings. The Kier molecular flexibility index (Phi) is 3.92. The molecule has 0 spiro atoms. The molecule has 2 nitrogen and oxygen atoms in total. The van der Waals surface area contributed by atoms with Gasteiger partial charge in [0.2, 0.25) is 0 Å². The topological polar surface area (TPSA) is 43.1 Å². The molecule has 0 amide bonds. The Labute approximate surface area is 102 Å². The van der Waals surface area contributed by atoms with Gasteiger partial charge < -0.3 is 5.73 Å². The van der Waals surface area contributed by atoms with Gasteiger partial charge in [-0.25, -0.2) is 0 Å². The van der Waals surface area contributed by atoms with Gasteiger partial charge in [0.05, 0.1) is 0 Å². The maximum absolute atomic E-state index is 12.1. The lowest BCUT2D eigenvalue weighted by Gasteiger charge is -2.37. The molecule has 1 heterocycles. The summed E-state index contributed by atoms with van der Waals surface area (Å²) in [7, 11) is 0. The van der Waals surface area contributed by atoms with Crippen molar-refractivity contribution in [2.75, 3.05) is 0 Å². The van der Waals surface area contributed by atoms with Crippen LogP contribution in [0.4, 0.5) is 0 Å². The number of hydrogen-bond donors (Lipinski definition) is 1. The summed E-state index contributed by atoms with van der Waals surface area (Å²) < 4.78 is 0. The molecule has 0 fully saturated rings. The van der Waals surface area contributed by atoms with E-state index in [1.54, 1.807) is 11.3 Å². The molecule has 1 rings (SSSR count). The fraction of sp³-hybridized carbons (Fsp3) is 0.615. The van der Waals surface area contributed by atoms with E-state index in [2.05, 4.69) is 6.07 Å². The highest BCUT2D eigenvalue weighted by Gasteiger charge is 2.39. The van der Waals surface area contributed by atoms with E-state index in [0.717, 1.165) is 6.42 Å². The van der Waals surface area contributed by atoms with Crippen LogP contribution in [-0.4, -0.2) is 11.3 Å². The SMILES string of the molecule is CC(C)(N)C(C)(C)C(=O)CCc1cccs1. The first-order valence-electron chi connectivity index (χ1n) is 5.60. The van der Waals surface area contributed by atoms with Crippen molar-refractivity contribution in [3.63, 3.8) is 0 Å². The van der Waals surface area contributed by atoms with E-state index in [1.165, 1.54) is 4.88 Å². The van der Waals surface area contributed by atoms with Crippen molar-refractivity contribution in [1.82, 2.24) is 0 Å². The third-order valence-corrected chi connectivity index (χ3v) is 4.42. The van der Waals surface area contributed by atoms with Gasteiger partial charge in [-0.3, -0.25) is 4.79 Å². The summed E-state index contributed by atoms with van der Waals surface area (Å²) in [5.74, 6) is 0.244. The molecule has 1 aromatic rings. The number of carbonyl (C=O) groups excluding carboxylic acids is 1. The zero-order valence-corrected chi connectivity index (χ0v) is 11.4. The molecule has 3 heteroatoms. The van der Waals surface area contributed by atoms with Crippen LogP contribution in [0.2, 0.25) is 0 Å². The molecule has 1 aromatic heterocycles. The Morgan fingerprint density at radius 2 is 2.00 bits per heavy atom. The van der Waals surface area contributed by atoms with Gasteiger partial charge in [0, 0.05) is 22.3 Å². The summed E-state index contributed by atoms with van der Waals surface area (Å²) >= 11 is 1.70. The van der Waals surface area contributed by atoms with Crippen LogP contribution in [0.3, 0.4) is 0 Å². The highest BCUT2D eigenvalue weighted by Crippen LogP contribution is 2.31. The van der Waals surface area contributed by atoms with E-state index in [-0.39, 0.29) is 5.78 Å². The Hall–Kier alpha value is -0.670. The molecular weight excluding hydrogens is 218 g/mol. The quantitative estimate of drug-likeness (QED) is 0.858. The predicted octanol–water partition coefficient (Wildman–Crippen LogP) is 3.01. The summed E-state index contributed by atoms with van der Waals surface area (Å²) in [4.78, 5) is 13.4. The number of thiophene rings is 1. The molecule has 16 heavy (non-hydrogen) atoms. The Morgan fingerprint density at radius 1 is 1.38 bits per heavy atom. The minimum atomic E-state index is -0.473.